The Balaban J connectivity index is 1.61. The molecule has 112 valence electrons. The molecule has 0 atom stereocenters. The summed E-state index contributed by atoms with van der Waals surface area (Å²) >= 11 is 0. The molecule has 2 heterocycles. The van der Waals surface area contributed by atoms with E-state index in [1.807, 2.05) is 65.5 Å². The SMILES string of the molecule is O=C1C(=O)N(Cc2ccc(-n3cccc3)cc2)c2ccccc21. The van der Waals surface area contributed by atoms with Gasteiger partial charge >= 0.3 is 0 Å². The Morgan fingerprint density at radius 2 is 1.48 bits per heavy atom. The molecule has 0 bridgehead atoms. The van der Waals surface area contributed by atoms with Gasteiger partial charge in [-0.25, -0.2) is 0 Å². The van der Waals surface area contributed by atoms with E-state index in [9.17, 15) is 9.59 Å². The number of nitrogens with zero attached hydrogens (tertiary/aromatic N) is 2. The van der Waals surface area contributed by atoms with Crippen LogP contribution in [0.4, 0.5) is 5.69 Å². The molecule has 0 saturated heterocycles. The molecule has 1 amide bonds. The number of fused-ring (bicyclic) bond motifs is 1. The van der Waals surface area contributed by atoms with E-state index in [2.05, 4.69) is 0 Å². The lowest BCUT2D eigenvalue weighted by Crippen LogP contribution is -2.29. The predicted octanol–water partition coefficient (Wildman–Crippen LogP) is 3.21. The third-order valence-electron chi connectivity index (χ3n) is 4.06. The van der Waals surface area contributed by atoms with E-state index in [0.29, 0.717) is 17.8 Å². The van der Waals surface area contributed by atoms with Gasteiger partial charge in [0, 0.05) is 18.1 Å². The number of aromatic nitrogens is 1. The van der Waals surface area contributed by atoms with Crippen molar-refractivity contribution < 1.29 is 9.59 Å². The van der Waals surface area contributed by atoms with Crippen LogP contribution in [0.1, 0.15) is 15.9 Å². The maximum absolute atomic E-state index is 12.2. The van der Waals surface area contributed by atoms with Crippen molar-refractivity contribution in [3.63, 3.8) is 0 Å². The minimum atomic E-state index is -0.458. The van der Waals surface area contributed by atoms with Crippen molar-refractivity contribution in [2.24, 2.45) is 0 Å². The van der Waals surface area contributed by atoms with Crippen LogP contribution in [-0.2, 0) is 11.3 Å². The van der Waals surface area contributed by atoms with E-state index in [1.54, 1.807) is 17.0 Å². The highest BCUT2D eigenvalue weighted by molar-refractivity contribution is 6.52. The van der Waals surface area contributed by atoms with Gasteiger partial charge in [0.2, 0.25) is 0 Å². The minimum absolute atomic E-state index is 0.396. The van der Waals surface area contributed by atoms with E-state index in [4.69, 9.17) is 0 Å². The van der Waals surface area contributed by atoms with Crippen molar-refractivity contribution in [3.05, 3.63) is 84.2 Å². The molecule has 4 nitrogen and oxygen atoms in total. The molecule has 0 spiro atoms. The van der Waals surface area contributed by atoms with Crippen LogP contribution < -0.4 is 4.90 Å². The summed E-state index contributed by atoms with van der Waals surface area (Å²) in [4.78, 5) is 25.7. The fourth-order valence-electron chi connectivity index (χ4n) is 2.87. The molecule has 3 aromatic rings. The largest absolute Gasteiger partial charge is 0.324 e. The summed E-state index contributed by atoms with van der Waals surface area (Å²) in [6, 6.07) is 19.0. The van der Waals surface area contributed by atoms with Crippen molar-refractivity contribution in [2.45, 2.75) is 6.54 Å². The number of ketones is 1. The maximum Gasteiger partial charge on any atom is 0.299 e. The normalized spacial score (nSPS) is 13.5. The lowest BCUT2D eigenvalue weighted by atomic mass is 10.1. The number of rotatable bonds is 3. The zero-order valence-corrected chi connectivity index (χ0v) is 12.3. The Kier molecular flexibility index (Phi) is 3.08. The fraction of sp³-hybridized carbons (Fsp3) is 0.0526. The Hall–Kier alpha value is -3.14. The van der Waals surface area contributed by atoms with Gasteiger partial charge in [-0.3, -0.25) is 9.59 Å². The quantitative estimate of drug-likeness (QED) is 0.697. The topological polar surface area (TPSA) is 42.3 Å². The molecule has 4 heteroatoms. The molecule has 0 fully saturated rings. The molecule has 2 aromatic carbocycles. The molecular weight excluding hydrogens is 288 g/mol. The summed E-state index contributed by atoms with van der Waals surface area (Å²) in [5.41, 5.74) is 3.22. The highest BCUT2D eigenvalue weighted by Crippen LogP contribution is 2.30. The Bertz CT molecular complexity index is 880. The first-order valence-corrected chi connectivity index (χ1v) is 7.41. The average Bonchev–Trinajstić information content (AvgIpc) is 3.20. The van der Waals surface area contributed by atoms with E-state index in [1.165, 1.54) is 0 Å². The van der Waals surface area contributed by atoms with Gasteiger partial charge in [-0.15, -0.1) is 0 Å². The van der Waals surface area contributed by atoms with Crippen LogP contribution in [0.25, 0.3) is 5.69 Å². The van der Waals surface area contributed by atoms with Gasteiger partial charge in [-0.1, -0.05) is 24.3 Å². The average molecular weight is 302 g/mol. The zero-order valence-electron chi connectivity index (χ0n) is 12.3. The number of hydrogen-bond acceptors (Lipinski definition) is 2. The van der Waals surface area contributed by atoms with Crippen molar-refractivity contribution in [3.8, 4) is 5.69 Å². The van der Waals surface area contributed by atoms with E-state index in [-0.39, 0.29) is 0 Å². The van der Waals surface area contributed by atoms with Gasteiger partial charge in [-0.05, 0) is 42.0 Å². The van der Waals surface area contributed by atoms with Gasteiger partial charge in [0.05, 0.1) is 17.8 Å². The summed E-state index contributed by atoms with van der Waals surface area (Å²) in [6.45, 7) is 0.396. The van der Waals surface area contributed by atoms with Gasteiger partial charge in [0.1, 0.15) is 0 Å². The second-order valence-electron chi connectivity index (χ2n) is 5.49. The smallest absolute Gasteiger partial charge is 0.299 e. The molecule has 0 radical (unpaired) electrons. The summed E-state index contributed by atoms with van der Waals surface area (Å²) < 4.78 is 2.02. The van der Waals surface area contributed by atoms with Gasteiger partial charge < -0.3 is 9.47 Å². The first kappa shape index (κ1) is 13.5. The van der Waals surface area contributed by atoms with Crippen LogP contribution in [0.3, 0.4) is 0 Å². The molecule has 1 aromatic heterocycles. The molecule has 1 aliphatic heterocycles. The Morgan fingerprint density at radius 3 is 2.22 bits per heavy atom. The van der Waals surface area contributed by atoms with Crippen LogP contribution in [0, 0.1) is 0 Å². The van der Waals surface area contributed by atoms with Crippen molar-refractivity contribution in [1.82, 2.24) is 4.57 Å². The summed E-state index contributed by atoms with van der Waals surface area (Å²) in [5, 5.41) is 0. The second-order valence-corrected chi connectivity index (χ2v) is 5.49. The van der Waals surface area contributed by atoms with E-state index < -0.39 is 11.7 Å². The van der Waals surface area contributed by atoms with Crippen molar-refractivity contribution >= 4 is 17.4 Å². The molecule has 4 rings (SSSR count). The summed E-state index contributed by atoms with van der Waals surface area (Å²) in [6.07, 6.45) is 3.96. The predicted molar refractivity (Wildman–Crippen MR) is 87.7 cm³/mol. The van der Waals surface area contributed by atoms with Gasteiger partial charge in [0.15, 0.2) is 0 Å². The Labute approximate surface area is 133 Å². The standard InChI is InChI=1S/C19H14N2O2/c22-18-16-5-1-2-6-17(16)21(19(18)23)13-14-7-9-15(10-8-14)20-11-3-4-12-20/h1-12H,13H2. The number of benzene rings is 2. The molecule has 23 heavy (non-hydrogen) atoms. The van der Waals surface area contributed by atoms with Crippen LogP contribution in [0.2, 0.25) is 0 Å². The van der Waals surface area contributed by atoms with Gasteiger partial charge in [-0.2, -0.15) is 0 Å². The summed E-state index contributed by atoms with van der Waals surface area (Å²) in [5.74, 6) is -0.884. The van der Waals surface area contributed by atoms with Crippen molar-refractivity contribution in [2.75, 3.05) is 4.90 Å². The zero-order chi connectivity index (χ0) is 15.8. The summed E-state index contributed by atoms with van der Waals surface area (Å²) in [7, 11) is 0. The molecule has 0 saturated carbocycles. The number of para-hydroxylation sites is 1. The maximum atomic E-state index is 12.2. The number of anilines is 1. The minimum Gasteiger partial charge on any atom is -0.324 e. The van der Waals surface area contributed by atoms with Crippen LogP contribution in [0.15, 0.2) is 73.1 Å². The molecule has 0 unspecified atom stereocenters. The van der Waals surface area contributed by atoms with Crippen LogP contribution in [-0.4, -0.2) is 16.3 Å². The van der Waals surface area contributed by atoms with E-state index in [0.717, 1.165) is 11.3 Å². The molecule has 0 N–H and O–H groups in total. The van der Waals surface area contributed by atoms with Crippen molar-refractivity contribution in [1.29, 1.82) is 0 Å². The first-order valence-electron chi connectivity index (χ1n) is 7.41. The number of carbonyl (C=O) groups is 2. The monoisotopic (exact) mass is 302 g/mol. The Morgan fingerprint density at radius 1 is 0.783 bits per heavy atom. The highest BCUT2D eigenvalue weighted by atomic mass is 16.2. The molecular formula is C19H14N2O2. The molecule has 0 aliphatic carbocycles. The van der Waals surface area contributed by atoms with Gasteiger partial charge in [0.25, 0.3) is 11.7 Å². The third-order valence-corrected chi connectivity index (χ3v) is 4.06. The highest BCUT2D eigenvalue weighted by Gasteiger charge is 2.35. The number of hydrogen-bond donors (Lipinski definition) is 0. The first-order chi connectivity index (χ1) is 11.2. The lowest BCUT2D eigenvalue weighted by molar-refractivity contribution is -0.114. The number of Topliss-reactive ketones (excluding diaryl/α,β-unsaturated/α-hetero) is 1. The second kappa shape index (κ2) is 5.25. The van der Waals surface area contributed by atoms with Crippen LogP contribution >= 0.6 is 0 Å². The molecule has 1 aliphatic rings. The fourth-order valence-corrected chi connectivity index (χ4v) is 2.87. The lowest BCUT2D eigenvalue weighted by Gasteiger charge is -2.16. The van der Waals surface area contributed by atoms with E-state index >= 15 is 0 Å². The number of carbonyl (C=O) groups excluding carboxylic acids is 2. The van der Waals surface area contributed by atoms with Crippen LogP contribution in [0.5, 0.6) is 0 Å². The third kappa shape index (κ3) is 2.25. The number of amides is 1.